The Morgan fingerprint density at radius 3 is 2.32 bits per heavy atom. The average molecular weight is 479 g/mol. The second-order valence-corrected chi connectivity index (χ2v) is 10.5. The van der Waals surface area contributed by atoms with E-state index in [1.54, 1.807) is 30.3 Å². The van der Waals surface area contributed by atoms with Gasteiger partial charge < -0.3 is 5.32 Å². The molecular formula is C26H30N4O3S. The van der Waals surface area contributed by atoms with Crippen molar-refractivity contribution in [1.82, 2.24) is 19.8 Å². The molecule has 2 aromatic carbocycles. The lowest BCUT2D eigenvalue weighted by molar-refractivity contribution is -0.116. The fraction of sp³-hybridized carbons (Fsp3) is 0.308. The first-order valence-electron chi connectivity index (χ1n) is 11.4. The maximum absolute atomic E-state index is 12.4. The highest BCUT2D eigenvalue weighted by Crippen LogP contribution is 2.22. The first-order valence-corrected chi connectivity index (χ1v) is 12.9. The number of hydrogen-bond donors (Lipinski definition) is 2. The molecule has 178 valence electrons. The number of carbonyl (C=O) groups excluding carboxylic acids is 1. The third-order valence-electron chi connectivity index (χ3n) is 5.89. The molecule has 0 radical (unpaired) electrons. The van der Waals surface area contributed by atoms with E-state index in [4.69, 9.17) is 0 Å². The third-order valence-corrected chi connectivity index (χ3v) is 7.43. The van der Waals surface area contributed by atoms with Crippen molar-refractivity contribution < 1.29 is 13.2 Å². The van der Waals surface area contributed by atoms with Gasteiger partial charge >= 0.3 is 0 Å². The largest absolute Gasteiger partial charge is 0.348 e. The van der Waals surface area contributed by atoms with Gasteiger partial charge in [-0.15, -0.1) is 0 Å². The summed E-state index contributed by atoms with van der Waals surface area (Å²) in [6, 6.07) is 15.0. The molecule has 0 bridgehead atoms. The second kappa shape index (κ2) is 9.95. The maximum Gasteiger partial charge on any atom is 0.244 e. The van der Waals surface area contributed by atoms with Crippen molar-refractivity contribution in [3.63, 3.8) is 0 Å². The van der Waals surface area contributed by atoms with Gasteiger partial charge in [0.1, 0.15) is 0 Å². The second-order valence-electron chi connectivity index (χ2n) is 8.82. The predicted octanol–water partition coefficient (Wildman–Crippen LogP) is 3.63. The van der Waals surface area contributed by atoms with E-state index in [0.29, 0.717) is 13.1 Å². The smallest absolute Gasteiger partial charge is 0.244 e. The number of amides is 1. The summed E-state index contributed by atoms with van der Waals surface area (Å²) >= 11 is 0. The van der Waals surface area contributed by atoms with Crippen molar-refractivity contribution >= 4 is 22.0 Å². The average Bonchev–Trinajstić information content (AvgIpc) is 3.57. The number of nitrogens with one attached hydrogen (secondary N) is 2. The first-order chi connectivity index (χ1) is 16.2. The van der Waals surface area contributed by atoms with Crippen molar-refractivity contribution in [3.05, 3.63) is 88.2 Å². The number of aryl methyl sites for hydroxylation is 2. The Labute approximate surface area is 200 Å². The summed E-state index contributed by atoms with van der Waals surface area (Å²) < 4.78 is 29.1. The molecule has 1 aliphatic rings. The minimum Gasteiger partial charge on any atom is -0.348 e. The van der Waals surface area contributed by atoms with Crippen LogP contribution in [0.5, 0.6) is 0 Å². The normalized spacial score (nSPS) is 14.0. The van der Waals surface area contributed by atoms with E-state index in [0.717, 1.165) is 35.4 Å². The zero-order chi connectivity index (χ0) is 24.3. The van der Waals surface area contributed by atoms with E-state index in [-0.39, 0.29) is 16.8 Å². The molecule has 0 saturated heterocycles. The summed E-state index contributed by atoms with van der Waals surface area (Å²) in [5.41, 5.74) is 6.01. The predicted molar refractivity (Wildman–Crippen MR) is 133 cm³/mol. The number of sulfonamides is 1. The van der Waals surface area contributed by atoms with Crippen molar-refractivity contribution in [2.75, 3.05) is 0 Å². The van der Waals surface area contributed by atoms with Crippen molar-refractivity contribution in [2.24, 2.45) is 0 Å². The van der Waals surface area contributed by atoms with Gasteiger partial charge in [0.2, 0.25) is 15.9 Å². The van der Waals surface area contributed by atoms with Gasteiger partial charge in [0.05, 0.1) is 17.1 Å². The standard InChI is InChI=1S/C26H30N4O3S/c1-18-4-6-22(7-5-18)17-30-20(3)25(19(2)28-30)14-15-26(31)27-16-21-8-12-24(13-9-21)34(32,33)29-23-10-11-23/h4-9,12-15,23,29H,10-11,16-17H2,1-3H3,(H,27,31). The Bertz CT molecular complexity index is 1300. The highest BCUT2D eigenvalue weighted by Gasteiger charge is 2.27. The Balaban J connectivity index is 1.34. The van der Waals surface area contributed by atoms with Crippen LogP contribution in [0.1, 0.15) is 46.5 Å². The van der Waals surface area contributed by atoms with Gasteiger partial charge in [-0.3, -0.25) is 9.48 Å². The van der Waals surface area contributed by atoms with Gasteiger partial charge in [-0.05, 0) is 62.9 Å². The van der Waals surface area contributed by atoms with Crippen LogP contribution in [0.4, 0.5) is 0 Å². The van der Waals surface area contributed by atoms with Gasteiger partial charge in [-0.1, -0.05) is 42.0 Å². The minimum atomic E-state index is -3.47. The lowest BCUT2D eigenvalue weighted by atomic mass is 10.1. The van der Waals surface area contributed by atoms with E-state index in [1.165, 1.54) is 17.2 Å². The van der Waals surface area contributed by atoms with E-state index >= 15 is 0 Å². The zero-order valence-electron chi connectivity index (χ0n) is 19.7. The quantitative estimate of drug-likeness (QED) is 0.460. The first kappa shape index (κ1) is 23.9. The fourth-order valence-electron chi connectivity index (χ4n) is 3.65. The summed E-state index contributed by atoms with van der Waals surface area (Å²) in [7, 11) is -3.47. The molecule has 2 N–H and O–H groups in total. The minimum absolute atomic E-state index is 0.0673. The van der Waals surface area contributed by atoms with Gasteiger partial charge in [-0.25, -0.2) is 13.1 Å². The number of aromatic nitrogens is 2. The van der Waals surface area contributed by atoms with Crippen LogP contribution in [-0.2, 0) is 27.9 Å². The van der Waals surface area contributed by atoms with Gasteiger partial charge in [-0.2, -0.15) is 5.10 Å². The molecule has 34 heavy (non-hydrogen) atoms. The molecule has 0 spiro atoms. The summed E-state index contributed by atoms with van der Waals surface area (Å²) in [5.74, 6) is -0.225. The molecule has 1 amide bonds. The SMILES string of the molecule is Cc1ccc(Cn2nc(C)c(C=CC(=O)NCc3ccc(S(=O)(=O)NC4CC4)cc3)c2C)cc1. The highest BCUT2D eigenvalue weighted by atomic mass is 32.2. The van der Waals surface area contributed by atoms with Crippen LogP contribution in [0, 0.1) is 20.8 Å². The highest BCUT2D eigenvalue weighted by molar-refractivity contribution is 7.89. The molecule has 0 atom stereocenters. The lowest BCUT2D eigenvalue weighted by Crippen LogP contribution is -2.25. The molecule has 8 heteroatoms. The third kappa shape index (κ3) is 6.01. The monoisotopic (exact) mass is 478 g/mol. The van der Waals surface area contributed by atoms with Crippen LogP contribution in [0.3, 0.4) is 0 Å². The molecular weight excluding hydrogens is 448 g/mol. The maximum atomic E-state index is 12.4. The Hall–Kier alpha value is -3.23. The van der Waals surface area contributed by atoms with Crippen molar-refractivity contribution in [2.45, 2.75) is 57.6 Å². The topological polar surface area (TPSA) is 93.1 Å². The summed E-state index contributed by atoms with van der Waals surface area (Å²) in [5, 5.41) is 7.47. The Morgan fingerprint density at radius 2 is 1.68 bits per heavy atom. The van der Waals surface area contributed by atoms with Gasteiger partial charge in [0.15, 0.2) is 0 Å². The van der Waals surface area contributed by atoms with Crippen LogP contribution in [-0.4, -0.2) is 30.1 Å². The number of rotatable bonds is 9. The molecule has 0 unspecified atom stereocenters. The molecule has 7 nitrogen and oxygen atoms in total. The molecule has 4 rings (SSSR count). The molecule has 3 aromatic rings. The van der Waals surface area contributed by atoms with E-state index in [9.17, 15) is 13.2 Å². The van der Waals surface area contributed by atoms with E-state index in [1.807, 2.05) is 18.5 Å². The molecule has 1 aromatic heterocycles. The molecule has 1 heterocycles. The number of carbonyl (C=O) groups is 1. The van der Waals surface area contributed by atoms with E-state index in [2.05, 4.69) is 46.3 Å². The van der Waals surface area contributed by atoms with Crippen LogP contribution < -0.4 is 10.0 Å². The van der Waals surface area contributed by atoms with Gasteiger partial charge in [0.25, 0.3) is 0 Å². The molecule has 1 fully saturated rings. The number of benzene rings is 2. The lowest BCUT2D eigenvalue weighted by Gasteiger charge is -2.07. The van der Waals surface area contributed by atoms with Crippen LogP contribution in [0.2, 0.25) is 0 Å². The molecule has 0 aliphatic heterocycles. The number of nitrogens with zero attached hydrogens (tertiary/aromatic N) is 2. The summed E-state index contributed by atoms with van der Waals surface area (Å²) in [6.07, 6.45) is 5.08. The molecule has 1 saturated carbocycles. The van der Waals surface area contributed by atoms with Gasteiger partial charge in [0, 0.05) is 29.9 Å². The van der Waals surface area contributed by atoms with E-state index < -0.39 is 10.0 Å². The summed E-state index contributed by atoms with van der Waals surface area (Å²) in [6.45, 7) is 6.98. The van der Waals surface area contributed by atoms with Crippen molar-refractivity contribution in [1.29, 1.82) is 0 Å². The van der Waals surface area contributed by atoms with Crippen LogP contribution >= 0.6 is 0 Å². The zero-order valence-corrected chi connectivity index (χ0v) is 20.5. The van der Waals surface area contributed by atoms with Crippen LogP contribution in [0.25, 0.3) is 6.08 Å². The Kier molecular flexibility index (Phi) is 7.00. The molecule has 1 aliphatic carbocycles. The van der Waals surface area contributed by atoms with Crippen molar-refractivity contribution in [3.8, 4) is 0 Å². The van der Waals surface area contributed by atoms with Crippen LogP contribution in [0.15, 0.2) is 59.5 Å². The summed E-state index contributed by atoms with van der Waals surface area (Å²) in [4.78, 5) is 12.6. The fourth-order valence-corrected chi connectivity index (χ4v) is 4.96. The number of hydrogen-bond acceptors (Lipinski definition) is 4. The Morgan fingerprint density at radius 1 is 1.03 bits per heavy atom.